The molecule has 1 amide bonds. The molecule has 15 heavy (non-hydrogen) atoms. The van der Waals surface area contributed by atoms with Crippen LogP contribution in [0.5, 0.6) is 0 Å². The molecule has 1 rings (SSSR count). The van der Waals surface area contributed by atoms with Gasteiger partial charge in [0.05, 0.1) is 6.61 Å². The largest absolute Gasteiger partial charge is 0.461 e. The second-order valence-corrected chi connectivity index (χ2v) is 3.82. The molecule has 1 aromatic heterocycles. The van der Waals surface area contributed by atoms with E-state index in [4.69, 9.17) is 4.74 Å². The summed E-state index contributed by atoms with van der Waals surface area (Å²) in [4.78, 5) is 28.0. The van der Waals surface area contributed by atoms with E-state index in [-0.39, 0.29) is 16.6 Å². The summed E-state index contributed by atoms with van der Waals surface area (Å²) in [5, 5.41) is 1.76. The van der Waals surface area contributed by atoms with Crippen molar-refractivity contribution in [1.82, 2.24) is 9.88 Å². The number of thiazole rings is 1. The maximum Gasteiger partial charge on any atom is 0.367 e. The van der Waals surface area contributed by atoms with Crippen LogP contribution in [0.4, 0.5) is 0 Å². The van der Waals surface area contributed by atoms with Gasteiger partial charge in [-0.25, -0.2) is 9.78 Å². The van der Waals surface area contributed by atoms with Crippen molar-refractivity contribution in [2.45, 2.75) is 6.92 Å². The zero-order chi connectivity index (χ0) is 11.4. The van der Waals surface area contributed by atoms with Crippen LogP contribution < -0.4 is 0 Å². The summed E-state index contributed by atoms with van der Waals surface area (Å²) in [6.07, 6.45) is 0. The molecule has 0 fully saturated rings. The molecule has 0 bridgehead atoms. The molecule has 6 heteroatoms. The standard InChI is InChI=1S/C9H12N2O3S/c1-4-14-9(13)7-10-6(5-15-7)8(12)11(2)3/h5H,4H2,1-3H3. The van der Waals surface area contributed by atoms with E-state index in [1.54, 1.807) is 26.4 Å². The van der Waals surface area contributed by atoms with Gasteiger partial charge in [0.15, 0.2) is 0 Å². The molecule has 82 valence electrons. The normalized spacial score (nSPS) is 9.80. The van der Waals surface area contributed by atoms with Gasteiger partial charge in [0.2, 0.25) is 5.01 Å². The summed E-state index contributed by atoms with van der Waals surface area (Å²) < 4.78 is 4.77. The predicted octanol–water partition coefficient (Wildman–Crippen LogP) is 1.02. The minimum atomic E-state index is -0.486. The van der Waals surface area contributed by atoms with Gasteiger partial charge in [0.25, 0.3) is 5.91 Å². The Bertz CT molecular complexity index is 373. The molecule has 0 atom stereocenters. The Kier molecular flexibility index (Phi) is 3.79. The number of hydrogen-bond acceptors (Lipinski definition) is 5. The van der Waals surface area contributed by atoms with Crippen LogP contribution in [0.3, 0.4) is 0 Å². The molecule has 0 aliphatic carbocycles. The summed E-state index contributed by atoms with van der Waals surface area (Å²) in [6.45, 7) is 2.02. The Hall–Kier alpha value is -1.43. The average molecular weight is 228 g/mol. The number of nitrogens with zero attached hydrogens (tertiary/aromatic N) is 2. The van der Waals surface area contributed by atoms with Gasteiger partial charge in [-0.1, -0.05) is 0 Å². The van der Waals surface area contributed by atoms with Crippen LogP contribution in [0.25, 0.3) is 0 Å². The number of carbonyl (C=O) groups excluding carboxylic acids is 2. The number of hydrogen-bond donors (Lipinski definition) is 0. The molecule has 0 N–H and O–H groups in total. The second-order valence-electron chi connectivity index (χ2n) is 2.96. The van der Waals surface area contributed by atoms with Gasteiger partial charge in [0.1, 0.15) is 5.69 Å². The van der Waals surface area contributed by atoms with Crippen LogP contribution >= 0.6 is 11.3 Å². The molecule has 5 nitrogen and oxygen atoms in total. The fourth-order valence-electron chi connectivity index (χ4n) is 0.888. The third kappa shape index (κ3) is 2.76. The molecule has 0 unspecified atom stereocenters. The Morgan fingerprint density at radius 2 is 2.20 bits per heavy atom. The molecule has 1 aromatic rings. The monoisotopic (exact) mass is 228 g/mol. The number of aromatic nitrogens is 1. The van der Waals surface area contributed by atoms with Gasteiger partial charge in [0, 0.05) is 19.5 Å². The SMILES string of the molecule is CCOC(=O)c1nc(C(=O)N(C)C)cs1. The smallest absolute Gasteiger partial charge is 0.367 e. The fourth-order valence-corrected chi connectivity index (χ4v) is 1.57. The van der Waals surface area contributed by atoms with E-state index >= 15 is 0 Å². The number of ether oxygens (including phenoxy) is 1. The van der Waals surface area contributed by atoms with Crippen molar-refractivity contribution in [3.05, 3.63) is 16.1 Å². The molecule has 0 radical (unpaired) electrons. The van der Waals surface area contributed by atoms with E-state index in [0.29, 0.717) is 6.61 Å². The number of carbonyl (C=O) groups is 2. The number of esters is 1. The lowest BCUT2D eigenvalue weighted by Gasteiger charge is -2.06. The summed E-state index contributed by atoms with van der Waals surface area (Å²) in [7, 11) is 3.26. The highest BCUT2D eigenvalue weighted by Gasteiger charge is 2.16. The Morgan fingerprint density at radius 3 is 2.73 bits per heavy atom. The first-order chi connectivity index (χ1) is 7.06. The van der Waals surface area contributed by atoms with E-state index in [2.05, 4.69) is 4.98 Å². The average Bonchev–Trinajstić information content (AvgIpc) is 2.65. The lowest BCUT2D eigenvalue weighted by atomic mass is 10.4. The van der Waals surface area contributed by atoms with Gasteiger partial charge in [-0.2, -0.15) is 0 Å². The second kappa shape index (κ2) is 4.88. The Morgan fingerprint density at radius 1 is 1.53 bits per heavy atom. The Labute approximate surface area is 91.7 Å². The summed E-state index contributed by atoms with van der Waals surface area (Å²) in [5.41, 5.74) is 0.271. The minimum Gasteiger partial charge on any atom is -0.461 e. The van der Waals surface area contributed by atoms with Crippen molar-refractivity contribution < 1.29 is 14.3 Å². The van der Waals surface area contributed by atoms with Crippen LogP contribution in [0.15, 0.2) is 5.38 Å². The number of rotatable bonds is 3. The zero-order valence-electron chi connectivity index (χ0n) is 8.81. The van der Waals surface area contributed by atoms with Crippen LogP contribution in [-0.2, 0) is 4.74 Å². The summed E-state index contributed by atoms with van der Waals surface area (Å²) in [5.74, 6) is -0.706. The minimum absolute atomic E-state index is 0.210. The first kappa shape index (κ1) is 11.6. The highest BCUT2D eigenvalue weighted by Crippen LogP contribution is 2.12. The third-order valence-corrected chi connectivity index (χ3v) is 2.40. The van der Waals surface area contributed by atoms with E-state index in [1.807, 2.05) is 0 Å². The first-order valence-corrected chi connectivity index (χ1v) is 5.28. The molecule has 0 aliphatic rings. The quantitative estimate of drug-likeness (QED) is 0.725. The summed E-state index contributed by atoms with van der Waals surface area (Å²) >= 11 is 1.11. The van der Waals surface area contributed by atoms with Gasteiger partial charge in [-0.15, -0.1) is 11.3 Å². The van der Waals surface area contributed by atoms with Crippen molar-refractivity contribution >= 4 is 23.2 Å². The highest BCUT2D eigenvalue weighted by molar-refractivity contribution is 7.11. The third-order valence-electron chi connectivity index (χ3n) is 1.58. The fraction of sp³-hybridized carbons (Fsp3) is 0.444. The summed E-state index contributed by atoms with van der Waals surface area (Å²) in [6, 6.07) is 0. The van der Waals surface area contributed by atoms with Crippen molar-refractivity contribution in [1.29, 1.82) is 0 Å². The van der Waals surface area contributed by atoms with E-state index in [1.165, 1.54) is 4.90 Å². The highest BCUT2D eigenvalue weighted by atomic mass is 32.1. The topological polar surface area (TPSA) is 59.5 Å². The molecule has 0 aliphatic heterocycles. The maximum absolute atomic E-state index is 11.5. The molecule has 0 saturated heterocycles. The van der Waals surface area contributed by atoms with E-state index < -0.39 is 5.97 Å². The van der Waals surface area contributed by atoms with Crippen LogP contribution in [0, 0.1) is 0 Å². The zero-order valence-corrected chi connectivity index (χ0v) is 9.63. The van der Waals surface area contributed by atoms with Gasteiger partial charge < -0.3 is 9.64 Å². The Balaban J connectivity index is 2.80. The van der Waals surface area contributed by atoms with Crippen molar-refractivity contribution in [3.8, 4) is 0 Å². The van der Waals surface area contributed by atoms with Gasteiger partial charge >= 0.3 is 5.97 Å². The van der Waals surface area contributed by atoms with Crippen LogP contribution in [0.2, 0.25) is 0 Å². The molecule has 0 aromatic carbocycles. The molecule has 1 heterocycles. The van der Waals surface area contributed by atoms with Crippen molar-refractivity contribution in [2.24, 2.45) is 0 Å². The molecule has 0 saturated carbocycles. The first-order valence-electron chi connectivity index (χ1n) is 4.40. The molecular weight excluding hydrogens is 216 g/mol. The molecule has 0 spiro atoms. The van der Waals surface area contributed by atoms with E-state index in [9.17, 15) is 9.59 Å². The maximum atomic E-state index is 11.5. The van der Waals surface area contributed by atoms with E-state index in [0.717, 1.165) is 11.3 Å². The molecular formula is C9H12N2O3S. The number of amides is 1. The van der Waals surface area contributed by atoms with Crippen LogP contribution in [0.1, 0.15) is 27.2 Å². The predicted molar refractivity (Wildman–Crippen MR) is 56.1 cm³/mol. The van der Waals surface area contributed by atoms with Gasteiger partial charge in [-0.05, 0) is 6.92 Å². The lowest BCUT2D eigenvalue weighted by Crippen LogP contribution is -2.22. The van der Waals surface area contributed by atoms with Gasteiger partial charge in [-0.3, -0.25) is 4.79 Å². The van der Waals surface area contributed by atoms with Crippen molar-refractivity contribution in [3.63, 3.8) is 0 Å². The van der Waals surface area contributed by atoms with Crippen LogP contribution in [-0.4, -0.2) is 42.5 Å². The lowest BCUT2D eigenvalue weighted by molar-refractivity contribution is 0.0526. The van der Waals surface area contributed by atoms with Crippen molar-refractivity contribution in [2.75, 3.05) is 20.7 Å².